The topological polar surface area (TPSA) is 65.7 Å². The van der Waals surface area contributed by atoms with Crippen molar-refractivity contribution in [3.63, 3.8) is 0 Å². The molecular weight excluding hydrogens is 508 g/mol. The second-order valence-corrected chi connectivity index (χ2v) is 11.4. The molecule has 0 saturated carbocycles. The Labute approximate surface area is 227 Å². The maximum absolute atomic E-state index is 13.8. The predicted octanol–water partition coefficient (Wildman–Crippen LogP) is 8.12. The normalized spacial score (nSPS) is 11.3. The number of aromatic amines is 2. The standard InChI is InChI=1S/C32H24N2O2S2/c1-19-11-3-5-13-21(19)27-31(29(35)23-15-7-9-17-25(23)33-27)37-38-32-28(22-14-6-4-12-20(22)2)34-26-18-10-8-16-24(26)30(32)36/h3-18H,1-2H3,(H,33,35)(H,34,36). The molecule has 2 heterocycles. The number of nitrogens with one attached hydrogen (secondary N) is 2. The Balaban J connectivity index is 1.55. The summed E-state index contributed by atoms with van der Waals surface area (Å²) in [6.07, 6.45) is 0. The highest BCUT2D eigenvalue weighted by atomic mass is 33.1. The fourth-order valence-corrected chi connectivity index (χ4v) is 7.24. The molecule has 6 heteroatoms. The maximum Gasteiger partial charge on any atom is 0.204 e. The van der Waals surface area contributed by atoms with Gasteiger partial charge in [-0.15, -0.1) is 0 Å². The highest BCUT2D eigenvalue weighted by molar-refractivity contribution is 8.76. The third-order valence-electron chi connectivity index (χ3n) is 6.77. The van der Waals surface area contributed by atoms with Crippen LogP contribution in [-0.2, 0) is 0 Å². The number of benzene rings is 4. The van der Waals surface area contributed by atoms with Crippen LogP contribution in [0, 0.1) is 13.8 Å². The van der Waals surface area contributed by atoms with Gasteiger partial charge in [-0.1, -0.05) is 72.8 Å². The summed E-state index contributed by atoms with van der Waals surface area (Å²) in [6, 6.07) is 31.1. The minimum atomic E-state index is -0.0511. The monoisotopic (exact) mass is 532 g/mol. The SMILES string of the molecule is Cc1ccccc1-c1[nH]c2ccccc2c(=O)c1SSc1c(-c2ccccc2C)[nH]c2ccccc2c1=O. The molecule has 2 N–H and O–H groups in total. The predicted molar refractivity (Wildman–Crippen MR) is 161 cm³/mol. The van der Waals surface area contributed by atoms with Crippen molar-refractivity contribution in [3.05, 3.63) is 129 Å². The Morgan fingerprint density at radius 2 is 0.868 bits per heavy atom. The lowest BCUT2D eigenvalue weighted by molar-refractivity contribution is 1.25. The van der Waals surface area contributed by atoms with Crippen LogP contribution in [0.5, 0.6) is 0 Å². The van der Waals surface area contributed by atoms with E-state index in [0.717, 1.165) is 44.7 Å². The lowest BCUT2D eigenvalue weighted by atomic mass is 10.0. The van der Waals surface area contributed by atoms with Gasteiger partial charge in [-0.25, -0.2) is 0 Å². The minimum Gasteiger partial charge on any atom is -0.353 e. The summed E-state index contributed by atoms with van der Waals surface area (Å²) in [5, 5.41) is 1.25. The van der Waals surface area contributed by atoms with Crippen LogP contribution >= 0.6 is 21.6 Å². The van der Waals surface area contributed by atoms with Crippen LogP contribution in [0.2, 0.25) is 0 Å². The Bertz CT molecular complexity index is 1810. The van der Waals surface area contributed by atoms with Crippen molar-refractivity contribution in [2.75, 3.05) is 0 Å². The van der Waals surface area contributed by atoms with Gasteiger partial charge in [0.05, 0.1) is 21.2 Å². The molecule has 0 atom stereocenters. The fraction of sp³-hybridized carbons (Fsp3) is 0.0625. The van der Waals surface area contributed by atoms with Crippen LogP contribution in [0.4, 0.5) is 0 Å². The summed E-state index contributed by atoms with van der Waals surface area (Å²) >= 11 is 0. The fourth-order valence-electron chi connectivity index (χ4n) is 4.76. The van der Waals surface area contributed by atoms with E-state index in [2.05, 4.69) is 9.97 Å². The maximum atomic E-state index is 13.8. The van der Waals surface area contributed by atoms with Crippen LogP contribution in [0.3, 0.4) is 0 Å². The number of hydrogen-bond acceptors (Lipinski definition) is 4. The van der Waals surface area contributed by atoms with Gasteiger partial charge < -0.3 is 9.97 Å². The first-order valence-electron chi connectivity index (χ1n) is 12.3. The van der Waals surface area contributed by atoms with Crippen LogP contribution in [0.1, 0.15) is 11.1 Å². The number of aryl methyl sites for hydroxylation is 2. The highest BCUT2D eigenvalue weighted by Gasteiger charge is 2.20. The molecule has 0 fully saturated rings. The molecule has 6 aromatic rings. The molecule has 0 saturated heterocycles. The molecule has 4 aromatic carbocycles. The van der Waals surface area contributed by atoms with Gasteiger partial charge in [0.25, 0.3) is 0 Å². The summed E-state index contributed by atoms with van der Waals surface area (Å²) in [7, 11) is 2.67. The van der Waals surface area contributed by atoms with Gasteiger partial charge in [-0.2, -0.15) is 0 Å². The molecule has 4 nitrogen and oxygen atoms in total. The van der Waals surface area contributed by atoms with Crippen molar-refractivity contribution < 1.29 is 0 Å². The summed E-state index contributed by atoms with van der Waals surface area (Å²) in [6.45, 7) is 4.07. The van der Waals surface area contributed by atoms with E-state index in [1.165, 1.54) is 21.6 Å². The molecular formula is C32H24N2O2S2. The molecule has 186 valence electrons. The first kappa shape index (κ1) is 24.3. The van der Waals surface area contributed by atoms with Gasteiger partial charge >= 0.3 is 0 Å². The average molecular weight is 533 g/mol. The molecule has 0 aliphatic rings. The Hall–Kier alpha value is -4.00. The molecule has 2 aromatic heterocycles. The van der Waals surface area contributed by atoms with Gasteiger partial charge in [0.2, 0.25) is 10.9 Å². The van der Waals surface area contributed by atoms with E-state index in [0.29, 0.717) is 20.6 Å². The molecule has 0 radical (unpaired) electrons. The number of aromatic nitrogens is 2. The van der Waals surface area contributed by atoms with E-state index in [1.807, 2.05) is 111 Å². The zero-order chi connectivity index (χ0) is 26.2. The molecule has 0 aliphatic carbocycles. The van der Waals surface area contributed by atoms with Crippen molar-refractivity contribution in [1.82, 2.24) is 9.97 Å². The number of pyridine rings is 2. The van der Waals surface area contributed by atoms with Crippen molar-refractivity contribution in [2.24, 2.45) is 0 Å². The molecule has 0 aliphatic heterocycles. The quantitative estimate of drug-likeness (QED) is 0.220. The van der Waals surface area contributed by atoms with E-state index in [9.17, 15) is 9.59 Å². The third kappa shape index (κ3) is 4.26. The van der Waals surface area contributed by atoms with Gasteiger partial charge in [0.15, 0.2) is 0 Å². The van der Waals surface area contributed by atoms with Crippen molar-refractivity contribution >= 4 is 43.4 Å². The first-order chi connectivity index (χ1) is 18.5. The second kappa shape index (κ2) is 10.0. The second-order valence-electron chi connectivity index (χ2n) is 9.20. The van der Waals surface area contributed by atoms with Gasteiger partial charge in [-0.05, 0) is 70.8 Å². The van der Waals surface area contributed by atoms with E-state index < -0.39 is 0 Å². The van der Waals surface area contributed by atoms with E-state index in [4.69, 9.17) is 0 Å². The Morgan fingerprint density at radius 3 is 1.29 bits per heavy atom. The van der Waals surface area contributed by atoms with Crippen molar-refractivity contribution in [1.29, 1.82) is 0 Å². The molecule has 6 rings (SSSR count). The third-order valence-corrected chi connectivity index (χ3v) is 9.21. The average Bonchev–Trinajstić information content (AvgIpc) is 2.94. The highest BCUT2D eigenvalue weighted by Crippen LogP contribution is 2.43. The van der Waals surface area contributed by atoms with Crippen LogP contribution < -0.4 is 10.9 Å². The number of H-pyrrole nitrogens is 2. The summed E-state index contributed by atoms with van der Waals surface area (Å²) in [5.74, 6) is 0. The number of para-hydroxylation sites is 2. The van der Waals surface area contributed by atoms with E-state index >= 15 is 0 Å². The number of fused-ring (bicyclic) bond motifs is 2. The molecule has 0 amide bonds. The lowest BCUT2D eigenvalue weighted by Crippen LogP contribution is -2.10. The number of rotatable bonds is 5. The van der Waals surface area contributed by atoms with Crippen LogP contribution in [0.15, 0.2) is 116 Å². The largest absolute Gasteiger partial charge is 0.353 e. The lowest BCUT2D eigenvalue weighted by Gasteiger charge is -2.15. The summed E-state index contributed by atoms with van der Waals surface area (Å²) in [5.41, 5.74) is 7.05. The van der Waals surface area contributed by atoms with Crippen molar-refractivity contribution in [3.8, 4) is 22.5 Å². The van der Waals surface area contributed by atoms with E-state index in [-0.39, 0.29) is 10.9 Å². The number of hydrogen-bond donors (Lipinski definition) is 2. The van der Waals surface area contributed by atoms with Gasteiger partial charge in [0.1, 0.15) is 0 Å². The molecule has 0 spiro atoms. The zero-order valence-electron chi connectivity index (χ0n) is 20.9. The first-order valence-corrected chi connectivity index (χ1v) is 14.4. The molecule has 0 bridgehead atoms. The van der Waals surface area contributed by atoms with Crippen LogP contribution in [-0.4, -0.2) is 9.97 Å². The van der Waals surface area contributed by atoms with Crippen LogP contribution in [0.25, 0.3) is 44.3 Å². The zero-order valence-corrected chi connectivity index (χ0v) is 22.5. The van der Waals surface area contributed by atoms with Crippen molar-refractivity contribution in [2.45, 2.75) is 23.6 Å². The molecule has 0 unspecified atom stereocenters. The van der Waals surface area contributed by atoms with E-state index in [1.54, 1.807) is 0 Å². The Morgan fingerprint density at radius 1 is 0.500 bits per heavy atom. The minimum absolute atomic E-state index is 0.0511. The molecule has 38 heavy (non-hydrogen) atoms. The smallest absolute Gasteiger partial charge is 0.204 e. The summed E-state index contributed by atoms with van der Waals surface area (Å²) in [4.78, 5) is 35.8. The Kier molecular flexibility index (Phi) is 6.44. The van der Waals surface area contributed by atoms with Gasteiger partial charge in [-0.3, -0.25) is 9.59 Å². The van der Waals surface area contributed by atoms with Gasteiger partial charge in [0, 0.05) is 32.9 Å². The summed E-state index contributed by atoms with van der Waals surface area (Å²) < 4.78 is 0.